The first kappa shape index (κ1) is 14.6. The fraction of sp³-hybridized carbons (Fsp3) is 0.188. The van der Waals surface area contributed by atoms with Gasteiger partial charge in [-0.05, 0) is 43.7 Å². The fourth-order valence-electron chi connectivity index (χ4n) is 1.87. The molecule has 0 amide bonds. The Kier molecular flexibility index (Phi) is 4.45. The van der Waals surface area contributed by atoms with Crippen LogP contribution in [0.4, 0.5) is 5.69 Å². The molecule has 0 saturated carbocycles. The van der Waals surface area contributed by atoms with Gasteiger partial charge in [0.1, 0.15) is 5.75 Å². The van der Waals surface area contributed by atoms with Crippen LogP contribution in [-0.4, -0.2) is 11.9 Å². The van der Waals surface area contributed by atoms with Crippen LogP contribution < -0.4 is 10.5 Å². The second-order valence-corrected chi connectivity index (χ2v) is 5.59. The van der Waals surface area contributed by atoms with Crippen molar-refractivity contribution in [1.29, 1.82) is 0 Å². The van der Waals surface area contributed by atoms with Gasteiger partial charge in [-0.25, -0.2) is 0 Å². The number of aryl methyl sites for hydroxylation is 1. The number of carbonyl (C=O) groups is 1. The molecule has 4 heteroatoms. The number of benzene rings is 2. The summed E-state index contributed by atoms with van der Waals surface area (Å²) in [5.41, 5.74) is 8.10. The molecule has 2 N–H and O–H groups in total. The molecule has 2 aromatic carbocycles. The van der Waals surface area contributed by atoms with Gasteiger partial charge in [-0.3, -0.25) is 4.79 Å². The van der Waals surface area contributed by atoms with E-state index in [4.69, 9.17) is 10.5 Å². The first-order chi connectivity index (χ1) is 9.47. The van der Waals surface area contributed by atoms with E-state index in [2.05, 4.69) is 15.9 Å². The Labute approximate surface area is 126 Å². The minimum Gasteiger partial charge on any atom is -0.480 e. The summed E-state index contributed by atoms with van der Waals surface area (Å²) in [5, 5.41) is 0. The molecule has 0 bridgehead atoms. The van der Waals surface area contributed by atoms with Crippen molar-refractivity contribution >= 4 is 27.4 Å². The van der Waals surface area contributed by atoms with Crippen LogP contribution in [0.5, 0.6) is 5.75 Å². The Balaban J connectivity index is 2.13. The van der Waals surface area contributed by atoms with E-state index in [0.29, 0.717) is 17.0 Å². The number of anilines is 1. The SMILES string of the molecule is Cc1ccc(OC(C)C(=O)c2ccc(Br)cc2)c(N)c1. The number of hydrogen-bond acceptors (Lipinski definition) is 3. The first-order valence-electron chi connectivity index (χ1n) is 6.30. The molecule has 2 aromatic rings. The maximum absolute atomic E-state index is 12.3. The predicted molar refractivity (Wildman–Crippen MR) is 84.2 cm³/mol. The number of ketones is 1. The van der Waals surface area contributed by atoms with Crippen molar-refractivity contribution in [3.63, 3.8) is 0 Å². The van der Waals surface area contributed by atoms with Gasteiger partial charge < -0.3 is 10.5 Å². The number of hydrogen-bond donors (Lipinski definition) is 1. The standard InChI is InChI=1S/C16H16BrNO2/c1-10-3-8-15(14(18)9-10)20-11(2)16(19)12-4-6-13(17)7-5-12/h3-9,11H,18H2,1-2H3. The summed E-state index contributed by atoms with van der Waals surface area (Å²) in [7, 11) is 0. The van der Waals surface area contributed by atoms with Crippen molar-refractivity contribution in [1.82, 2.24) is 0 Å². The van der Waals surface area contributed by atoms with E-state index in [-0.39, 0.29) is 5.78 Å². The van der Waals surface area contributed by atoms with Gasteiger partial charge in [0.15, 0.2) is 6.10 Å². The van der Waals surface area contributed by atoms with Crippen LogP contribution >= 0.6 is 15.9 Å². The molecule has 0 heterocycles. The van der Waals surface area contributed by atoms with Crippen LogP contribution in [-0.2, 0) is 0 Å². The average molecular weight is 334 g/mol. The Morgan fingerprint density at radius 2 is 1.85 bits per heavy atom. The van der Waals surface area contributed by atoms with E-state index >= 15 is 0 Å². The lowest BCUT2D eigenvalue weighted by Gasteiger charge is -2.15. The molecule has 0 aliphatic carbocycles. The smallest absolute Gasteiger partial charge is 0.202 e. The number of nitrogens with two attached hydrogens (primary N) is 1. The Morgan fingerprint density at radius 1 is 1.20 bits per heavy atom. The van der Waals surface area contributed by atoms with Crippen molar-refractivity contribution in [3.8, 4) is 5.75 Å². The number of halogens is 1. The molecule has 0 radical (unpaired) electrons. The molecule has 104 valence electrons. The van der Waals surface area contributed by atoms with Gasteiger partial charge in [-0.15, -0.1) is 0 Å². The van der Waals surface area contributed by atoms with Crippen molar-refractivity contribution in [3.05, 3.63) is 58.1 Å². The monoisotopic (exact) mass is 333 g/mol. The lowest BCUT2D eigenvalue weighted by atomic mass is 10.1. The topological polar surface area (TPSA) is 52.3 Å². The van der Waals surface area contributed by atoms with Crippen LogP contribution in [0.2, 0.25) is 0 Å². The van der Waals surface area contributed by atoms with Crippen molar-refractivity contribution in [2.45, 2.75) is 20.0 Å². The van der Waals surface area contributed by atoms with E-state index in [1.54, 1.807) is 25.1 Å². The molecule has 20 heavy (non-hydrogen) atoms. The molecule has 1 atom stereocenters. The maximum atomic E-state index is 12.3. The Morgan fingerprint density at radius 3 is 2.45 bits per heavy atom. The highest BCUT2D eigenvalue weighted by atomic mass is 79.9. The number of nitrogen functional groups attached to an aromatic ring is 1. The van der Waals surface area contributed by atoms with Crippen molar-refractivity contribution in [2.24, 2.45) is 0 Å². The Hall–Kier alpha value is -1.81. The second kappa shape index (κ2) is 6.09. The van der Waals surface area contributed by atoms with E-state index in [1.165, 1.54) is 0 Å². The zero-order valence-electron chi connectivity index (χ0n) is 11.4. The number of rotatable bonds is 4. The van der Waals surface area contributed by atoms with E-state index < -0.39 is 6.10 Å². The molecule has 1 unspecified atom stereocenters. The minimum atomic E-state index is -0.582. The summed E-state index contributed by atoms with van der Waals surface area (Å²) in [6.45, 7) is 3.68. The van der Waals surface area contributed by atoms with Crippen LogP contribution in [0, 0.1) is 6.92 Å². The quantitative estimate of drug-likeness (QED) is 0.679. The summed E-state index contributed by atoms with van der Waals surface area (Å²) in [5.74, 6) is 0.464. The van der Waals surface area contributed by atoms with Gasteiger partial charge in [0, 0.05) is 10.0 Å². The summed E-state index contributed by atoms with van der Waals surface area (Å²) in [6, 6.07) is 12.7. The number of Topliss-reactive ketones (excluding diaryl/α,β-unsaturated/α-hetero) is 1. The predicted octanol–water partition coefficient (Wildman–Crippen LogP) is 3.99. The molecular weight excluding hydrogens is 318 g/mol. The molecule has 0 aromatic heterocycles. The van der Waals surface area contributed by atoms with E-state index in [9.17, 15) is 4.79 Å². The lowest BCUT2D eigenvalue weighted by Crippen LogP contribution is -2.24. The fourth-order valence-corrected chi connectivity index (χ4v) is 2.13. The molecular formula is C16H16BrNO2. The minimum absolute atomic E-state index is 0.0718. The molecule has 0 aliphatic heterocycles. The van der Waals surface area contributed by atoms with Gasteiger partial charge in [0.2, 0.25) is 5.78 Å². The highest BCUT2D eigenvalue weighted by molar-refractivity contribution is 9.10. The normalized spacial score (nSPS) is 11.9. The summed E-state index contributed by atoms with van der Waals surface area (Å²) >= 11 is 3.34. The largest absolute Gasteiger partial charge is 0.480 e. The zero-order chi connectivity index (χ0) is 14.7. The van der Waals surface area contributed by atoms with Crippen LogP contribution in [0.15, 0.2) is 46.9 Å². The molecule has 0 spiro atoms. The summed E-state index contributed by atoms with van der Waals surface area (Å²) in [6.07, 6.45) is -0.582. The first-order valence-corrected chi connectivity index (χ1v) is 7.09. The summed E-state index contributed by atoms with van der Waals surface area (Å²) < 4.78 is 6.60. The molecule has 0 fully saturated rings. The summed E-state index contributed by atoms with van der Waals surface area (Å²) in [4.78, 5) is 12.3. The maximum Gasteiger partial charge on any atom is 0.202 e. The number of carbonyl (C=O) groups excluding carboxylic acids is 1. The van der Waals surface area contributed by atoms with Gasteiger partial charge in [0.05, 0.1) is 5.69 Å². The third-order valence-corrected chi connectivity index (χ3v) is 3.50. The molecule has 0 aliphatic rings. The van der Waals surface area contributed by atoms with Gasteiger partial charge >= 0.3 is 0 Å². The lowest BCUT2D eigenvalue weighted by molar-refractivity contribution is 0.0819. The van der Waals surface area contributed by atoms with Gasteiger partial charge in [-0.2, -0.15) is 0 Å². The van der Waals surface area contributed by atoms with Crippen LogP contribution in [0.1, 0.15) is 22.8 Å². The van der Waals surface area contributed by atoms with E-state index in [0.717, 1.165) is 10.0 Å². The van der Waals surface area contributed by atoms with Crippen molar-refractivity contribution in [2.75, 3.05) is 5.73 Å². The van der Waals surface area contributed by atoms with Crippen LogP contribution in [0.3, 0.4) is 0 Å². The van der Waals surface area contributed by atoms with Crippen LogP contribution in [0.25, 0.3) is 0 Å². The van der Waals surface area contributed by atoms with Crippen molar-refractivity contribution < 1.29 is 9.53 Å². The van der Waals surface area contributed by atoms with Gasteiger partial charge in [-0.1, -0.05) is 34.1 Å². The highest BCUT2D eigenvalue weighted by Crippen LogP contribution is 2.24. The van der Waals surface area contributed by atoms with E-state index in [1.807, 2.05) is 31.2 Å². The molecule has 2 rings (SSSR count). The Bertz CT molecular complexity index is 623. The third kappa shape index (κ3) is 3.39. The zero-order valence-corrected chi connectivity index (χ0v) is 13.0. The molecule has 0 saturated heterocycles. The molecule has 3 nitrogen and oxygen atoms in total. The van der Waals surface area contributed by atoms with Gasteiger partial charge in [0.25, 0.3) is 0 Å². The highest BCUT2D eigenvalue weighted by Gasteiger charge is 2.17. The second-order valence-electron chi connectivity index (χ2n) is 4.67. The average Bonchev–Trinajstić information content (AvgIpc) is 2.42. The number of ether oxygens (including phenoxy) is 1. The third-order valence-electron chi connectivity index (χ3n) is 2.97.